The molecule has 1 N–H and O–H groups in total. The maximum atomic E-state index is 13.6. The van der Waals surface area contributed by atoms with Crippen molar-refractivity contribution in [3.8, 4) is 17.0 Å². The van der Waals surface area contributed by atoms with Crippen molar-refractivity contribution in [2.45, 2.75) is 19.4 Å². The van der Waals surface area contributed by atoms with E-state index in [0.717, 1.165) is 5.56 Å². The monoisotopic (exact) mass is 528 g/mol. The first kappa shape index (κ1) is 24.2. The van der Waals surface area contributed by atoms with E-state index in [9.17, 15) is 17.6 Å². The fourth-order valence-corrected chi connectivity index (χ4v) is 6.27. The molecule has 186 valence electrons. The quantitative estimate of drug-likeness (QED) is 0.398. The number of amides is 1. The first-order valence-corrected chi connectivity index (χ1v) is 13.4. The van der Waals surface area contributed by atoms with Crippen LogP contribution in [-0.2, 0) is 9.84 Å². The molecular formula is C25H22ClFN4O4S. The number of fused-ring (bicyclic) bond motifs is 1. The Kier molecular flexibility index (Phi) is 6.17. The smallest absolute Gasteiger partial charge is 0.256 e. The number of methoxy groups -OCH3 is 1. The zero-order valence-electron chi connectivity index (χ0n) is 19.5. The van der Waals surface area contributed by atoms with E-state index in [1.807, 2.05) is 12.1 Å². The summed E-state index contributed by atoms with van der Waals surface area (Å²) in [6, 6.07) is 12.4. The number of sulfone groups is 1. The number of hydrogen-bond donors (Lipinski definition) is 1. The SMILES string of the molecule is COc1ccc(-c2cc(C(=O)Nc3ccc(F)c(Cl)c3)c3c(C)nn(C4CCS(=O)(=O)C4)c3n2)cc1. The molecule has 1 aliphatic rings. The van der Waals surface area contributed by atoms with E-state index in [2.05, 4.69) is 10.4 Å². The van der Waals surface area contributed by atoms with Gasteiger partial charge in [0.25, 0.3) is 5.91 Å². The van der Waals surface area contributed by atoms with Gasteiger partial charge in [-0.05, 0) is 61.9 Å². The molecule has 1 aliphatic heterocycles. The number of aryl methyl sites for hydroxylation is 1. The Bertz CT molecular complexity index is 1600. The first-order chi connectivity index (χ1) is 17.1. The number of aromatic nitrogens is 3. The van der Waals surface area contributed by atoms with Gasteiger partial charge in [-0.3, -0.25) is 4.79 Å². The van der Waals surface area contributed by atoms with E-state index in [1.54, 1.807) is 36.9 Å². The molecule has 0 bridgehead atoms. The number of benzene rings is 2. The molecule has 11 heteroatoms. The minimum atomic E-state index is -3.17. The molecule has 36 heavy (non-hydrogen) atoms. The fourth-order valence-electron chi connectivity index (χ4n) is 4.40. The van der Waals surface area contributed by atoms with Crippen LogP contribution in [0.2, 0.25) is 5.02 Å². The van der Waals surface area contributed by atoms with E-state index in [1.165, 1.54) is 18.2 Å². The lowest BCUT2D eigenvalue weighted by Gasteiger charge is -2.13. The number of carbonyl (C=O) groups is 1. The fraction of sp³-hybridized carbons (Fsp3) is 0.240. The maximum absolute atomic E-state index is 13.6. The Morgan fingerprint density at radius 3 is 2.58 bits per heavy atom. The average Bonchev–Trinajstić information content (AvgIpc) is 3.39. The van der Waals surface area contributed by atoms with Crippen LogP contribution in [0.5, 0.6) is 5.75 Å². The van der Waals surface area contributed by atoms with Gasteiger partial charge in [0.05, 0.1) is 52.0 Å². The summed E-state index contributed by atoms with van der Waals surface area (Å²) in [5, 5.41) is 7.76. The average molecular weight is 529 g/mol. The number of pyridine rings is 1. The zero-order valence-corrected chi connectivity index (χ0v) is 21.0. The van der Waals surface area contributed by atoms with Crippen LogP contribution in [0.1, 0.15) is 28.5 Å². The highest BCUT2D eigenvalue weighted by Gasteiger charge is 2.32. The third kappa shape index (κ3) is 4.54. The van der Waals surface area contributed by atoms with E-state index >= 15 is 0 Å². The highest BCUT2D eigenvalue weighted by molar-refractivity contribution is 7.91. The van der Waals surface area contributed by atoms with E-state index < -0.39 is 21.6 Å². The molecule has 1 atom stereocenters. The molecule has 1 fully saturated rings. The van der Waals surface area contributed by atoms with Gasteiger partial charge < -0.3 is 10.1 Å². The third-order valence-electron chi connectivity index (χ3n) is 6.20. The van der Waals surface area contributed by atoms with Gasteiger partial charge in [-0.1, -0.05) is 11.6 Å². The lowest BCUT2D eigenvalue weighted by molar-refractivity contribution is 0.102. The summed E-state index contributed by atoms with van der Waals surface area (Å²) < 4.78 is 44.8. The Morgan fingerprint density at radius 2 is 1.94 bits per heavy atom. The van der Waals surface area contributed by atoms with Gasteiger partial charge in [0.1, 0.15) is 11.6 Å². The lowest BCUT2D eigenvalue weighted by Crippen LogP contribution is -2.15. The third-order valence-corrected chi connectivity index (χ3v) is 8.24. The van der Waals surface area contributed by atoms with Crippen LogP contribution >= 0.6 is 11.6 Å². The van der Waals surface area contributed by atoms with Crippen molar-refractivity contribution in [3.63, 3.8) is 0 Å². The van der Waals surface area contributed by atoms with E-state index in [0.29, 0.717) is 45.8 Å². The van der Waals surface area contributed by atoms with Crippen LogP contribution in [0.4, 0.5) is 10.1 Å². The Morgan fingerprint density at radius 1 is 1.19 bits per heavy atom. The van der Waals surface area contributed by atoms with Crippen LogP contribution in [0.15, 0.2) is 48.5 Å². The summed E-state index contributed by atoms with van der Waals surface area (Å²) in [4.78, 5) is 18.3. The van der Waals surface area contributed by atoms with E-state index in [4.69, 9.17) is 21.3 Å². The molecule has 4 aromatic rings. The molecule has 0 saturated carbocycles. The summed E-state index contributed by atoms with van der Waals surface area (Å²) in [6.45, 7) is 1.75. The van der Waals surface area contributed by atoms with Crippen molar-refractivity contribution in [1.29, 1.82) is 0 Å². The highest BCUT2D eigenvalue weighted by atomic mass is 35.5. The summed E-state index contributed by atoms with van der Waals surface area (Å²) in [7, 11) is -1.60. The highest BCUT2D eigenvalue weighted by Crippen LogP contribution is 2.33. The standard InChI is InChI=1S/C25H22ClFN4O4S/c1-14-23-19(25(32)28-16-5-8-21(27)20(26)11-16)12-22(15-3-6-18(35-2)7-4-15)29-24(23)31(30-14)17-9-10-36(33,34)13-17/h3-8,11-12,17H,9-10,13H2,1-2H3,(H,28,32). The molecule has 1 unspecified atom stereocenters. The molecule has 1 amide bonds. The van der Waals surface area contributed by atoms with Crippen LogP contribution < -0.4 is 10.1 Å². The van der Waals surface area contributed by atoms with Gasteiger partial charge >= 0.3 is 0 Å². The number of hydrogen-bond acceptors (Lipinski definition) is 6. The van der Waals surface area contributed by atoms with E-state index in [-0.39, 0.29) is 22.6 Å². The van der Waals surface area contributed by atoms with Crippen LogP contribution in [0, 0.1) is 12.7 Å². The van der Waals surface area contributed by atoms with Crippen molar-refractivity contribution in [3.05, 3.63) is 70.6 Å². The van der Waals surface area contributed by atoms with Crippen LogP contribution in [0.25, 0.3) is 22.3 Å². The maximum Gasteiger partial charge on any atom is 0.256 e. The minimum Gasteiger partial charge on any atom is -0.497 e. The van der Waals surface area contributed by atoms with Crippen molar-refractivity contribution in [2.75, 3.05) is 23.9 Å². The minimum absolute atomic E-state index is 0.0345. The molecule has 0 aliphatic carbocycles. The van der Waals surface area contributed by atoms with Crippen LogP contribution in [0.3, 0.4) is 0 Å². The Labute approximate surface area is 212 Å². The van der Waals surface area contributed by atoms with Gasteiger partial charge in [0.2, 0.25) is 0 Å². The van der Waals surface area contributed by atoms with Gasteiger partial charge in [-0.2, -0.15) is 5.10 Å². The van der Waals surface area contributed by atoms with Crippen LogP contribution in [-0.4, -0.2) is 47.7 Å². The summed E-state index contributed by atoms with van der Waals surface area (Å²) in [6.07, 6.45) is 0.419. The van der Waals surface area contributed by atoms with Gasteiger partial charge in [0, 0.05) is 11.3 Å². The molecule has 0 spiro atoms. The van der Waals surface area contributed by atoms with Gasteiger partial charge in [-0.15, -0.1) is 0 Å². The van der Waals surface area contributed by atoms with Crippen molar-refractivity contribution in [2.24, 2.45) is 0 Å². The second-order valence-electron chi connectivity index (χ2n) is 8.65. The van der Waals surface area contributed by atoms with Crippen molar-refractivity contribution < 1.29 is 22.3 Å². The Balaban J connectivity index is 1.66. The van der Waals surface area contributed by atoms with Gasteiger partial charge in [0.15, 0.2) is 15.5 Å². The molecule has 5 rings (SSSR count). The number of anilines is 1. The van der Waals surface area contributed by atoms with Crippen molar-refractivity contribution >= 4 is 44.1 Å². The molecule has 3 heterocycles. The first-order valence-electron chi connectivity index (χ1n) is 11.2. The second-order valence-corrected chi connectivity index (χ2v) is 11.3. The number of halogens is 2. The van der Waals surface area contributed by atoms with Crippen molar-refractivity contribution in [1.82, 2.24) is 14.8 Å². The number of nitrogens with one attached hydrogen (secondary N) is 1. The number of carbonyl (C=O) groups excluding carboxylic acids is 1. The normalized spacial score (nSPS) is 16.8. The molecule has 1 saturated heterocycles. The summed E-state index contributed by atoms with van der Waals surface area (Å²) >= 11 is 5.88. The number of nitrogens with zero attached hydrogens (tertiary/aromatic N) is 3. The molecule has 8 nitrogen and oxygen atoms in total. The van der Waals surface area contributed by atoms with Gasteiger partial charge in [-0.25, -0.2) is 22.5 Å². The lowest BCUT2D eigenvalue weighted by atomic mass is 10.0. The summed E-state index contributed by atoms with van der Waals surface area (Å²) in [5.41, 5.74) is 2.84. The predicted molar refractivity (Wildman–Crippen MR) is 136 cm³/mol. The number of ether oxygens (including phenoxy) is 1. The second kappa shape index (κ2) is 9.18. The molecule has 2 aromatic carbocycles. The predicted octanol–water partition coefficient (Wildman–Crippen LogP) is 4.82. The number of rotatable bonds is 5. The zero-order chi connectivity index (χ0) is 25.6. The molecule has 2 aromatic heterocycles. The Hall–Kier alpha value is -3.50. The summed E-state index contributed by atoms with van der Waals surface area (Å²) in [5.74, 6) is -0.335. The largest absolute Gasteiger partial charge is 0.497 e. The topological polar surface area (TPSA) is 103 Å². The molecular weight excluding hydrogens is 507 g/mol. The molecule has 0 radical (unpaired) electrons.